The number of aromatic carboxylic acids is 1. The highest BCUT2D eigenvalue weighted by atomic mass is 16.5. The van der Waals surface area contributed by atoms with E-state index in [0.29, 0.717) is 17.1 Å². The van der Waals surface area contributed by atoms with E-state index in [-0.39, 0.29) is 12.3 Å². The van der Waals surface area contributed by atoms with E-state index >= 15 is 0 Å². The Morgan fingerprint density at radius 1 is 1.29 bits per heavy atom. The van der Waals surface area contributed by atoms with Crippen molar-refractivity contribution in [3.05, 3.63) is 53.9 Å². The SMILES string of the molecule is COc1cccc(C(O)COc2ccc(C(=O)O)nc2)c1. The van der Waals surface area contributed by atoms with Crippen LogP contribution in [0, 0.1) is 0 Å². The van der Waals surface area contributed by atoms with Gasteiger partial charge in [-0.05, 0) is 29.8 Å². The number of aliphatic hydroxyl groups is 1. The Hall–Kier alpha value is -2.60. The van der Waals surface area contributed by atoms with Gasteiger partial charge in [-0.2, -0.15) is 0 Å². The molecule has 1 unspecified atom stereocenters. The lowest BCUT2D eigenvalue weighted by Gasteiger charge is -2.13. The smallest absolute Gasteiger partial charge is 0.354 e. The molecule has 6 heteroatoms. The maximum absolute atomic E-state index is 10.7. The first-order valence-electron chi connectivity index (χ1n) is 6.24. The predicted molar refractivity (Wildman–Crippen MR) is 74.6 cm³/mol. The molecule has 21 heavy (non-hydrogen) atoms. The summed E-state index contributed by atoms with van der Waals surface area (Å²) in [5.41, 5.74) is 0.611. The van der Waals surface area contributed by atoms with Crippen LogP contribution in [0.3, 0.4) is 0 Å². The summed E-state index contributed by atoms with van der Waals surface area (Å²) >= 11 is 0. The van der Waals surface area contributed by atoms with Crippen molar-refractivity contribution in [2.75, 3.05) is 13.7 Å². The number of benzene rings is 1. The number of rotatable bonds is 6. The van der Waals surface area contributed by atoms with Gasteiger partial charge in [-0.25, -0.2) is 9.78 Å². The van der Waals surface area contributed by atoms with Gasteiger partial charge in [0.2, 0.25) is 0 Å². The Bertz CT molecular complexity index is 612. The number of carboxylic acid groups (broad SMARTS) is 1. The van der Waals surface area contributed by atoms with Gasteiger partial charge in [0.1, 0.15) is 29.9 Å². The number of carbonyl (C=O) groups is 1. The molecule has 1 heterocycles. The summed E-state index contributed by atoms with van der Waals surface area (Å²) < 4.78 is 10.5. The Labute approximate surface area is 121 Å². The predicted octanol–water partition coefficient (Wildman–Crippen LogP) is 1.90. The second kappa shape index (κ2) is 6.71. The fourth-order valence-electron chi connectivity index (χ4n) is 1.71. The number of pyridine rings is 1. The highest BCUT2D eigenvalue weighted by Crippen LogP contribution is 2.20. The van der Waals surface area contributed by atoms with Crippen molar-refractivity contribution < 1.29 is 24.5 Å². The van der Waals surface area contributed by atoms with Crippen LogP contribution in [0.25, 0.3) is 0 Å². The van der Waals surface area contributed by atoms with E-state index in [2.05, 4.69) is 4.98 Å². The second-order valence-electron chi connectivity index (χ2n) is 4.29. The van der Waals surface area contributed by atoms with Crippen LogP contribution in [0.5, 0.6) is 11.5 Å². The number of hydrogen-bond donors (Lipinski definition) is 2. The Balaban J connectivity index is 1.96. The van der Waals surface area contributed by atoms with E-state index in [1.807, 2.05) is 0 Å². The highest BCUT2D eigenvalue weighted by Gasteiger charge is 2.10. The summed E-state index contributed by atoms with van der Waals surface area (Å²) in [6.45, 7) is 0.0290. The van der Waals surface area contributed by atoms with Crippen LogP contribution in [0.4, 0.5) is 0 Å². The average Bonchev–Trinajstić information content (AvgIpc) is 2.53. The molecule has 0 amide bonds. The molecular formula is C15H15NO5. The molecule has 0 saturated carbocycles. The van der Waals surface area contributed by atoms with Gasteiger partial charge in [0.15, 0.2) is 0 Å². The van der Waals surface area contributed by atoms with Crippen LogP contribution in [0.15, 0.2) is 42.6 Å². The first kappa shape index (κ1) is 14.8. The molecule has 1 atom stereocenters. The van der Waals surface area contributed by atoms with Crippen molar-refractivity contribution in [2.45, 2.75) is 6.10 Å². The van der Waals surface area contributed by atoms with Gasteiger partial charge < -0.3 is 19.7 Å². The molecule has 0 bridgehead atoms. The topological polar surface area (TPSA) is 88.9 Å². The minimum absolute atomic E-state index is 0.0290. The molecule has 2 N–H and O–H groups in total. The zero-order valence-electron chi connectivity index (χ0n) is 11.4. The van der Waals surface area contributed by atoms with E-state index in [4.69, 9.17) is 14.6 Å². The number of aromatic nitrogens is 1. The monoisotopic (exact) mass is 289 g/mol. The zero-order valence-corrected chi connectivity index (χ0v) is 11.4. The van der Waals surface area contributed by atoms with E-state index in [9.17, 15) is 9.90 Å². The van der Waals surface area contributed by atoms with Crippen LogP contribution in [0.1, 0.15) is 22.2 Å². The Morgan fingerprint density at radius 3 is 2.71 bits per heavy atom. The molecule has 2 rings (SSSR count). The van der Waals surface area contributed by atoms with Gasteiger partial charge in [-0.1, -0.05) is 12.1 Å². The number of carboxylic acids is 1. The summed E-state index contributed by atoms with van der Waals surface area (Å²) in [7, 11) is 1.55. The molecule has 110 valence electrons. The molecule has 6 nitrogen and oxygen atoms in total. The summed E-state index contributed by atoms with van der Waals surface area (Å²) in [6.07, 6.45) is 0.487. The third-order valence-electron chi connectivity index (χ3n) is 2.84. The maximum atomic E-state index is 10.7. The van der Waals surface area contributed by atoms with Gasteiger partial charge in [-0.3, -0.25) is 0 Å². The van der Waals surface area contributed by atoms with E-state index in [0.717, 1.165) is 0 Å². The first-order chi connectivity index (χ1) is 10.1. The number of aliphatic hydroxyl groups excluding tert-OH is 1. The molecular weight excluding hydrogens is 274 g/mol. The molecule has 0 aliphatic carbocycles. The van der Waals surface area contributed by atoms with E-state index in [1.165, 1.54) is 18.3 Å². The molecule has 2 aromatic rings. The zero-order chi connectivity index (χ0) is 15.2. The van der Waals surface area contributed by atoms with Crippen molar-refractivity contribution in [3.8, 4) is 11.5 Å². The van der Waals surface area contributed by atoms with Gasteiger partial charge in [0, 0.05) is 0 Å². The first-order valence-corrected chi connectivity index (χ1v) is 6.24. The summed E-state index contributed by atoms with van der Waals surface area (Å²) in [4.78, 5) is 14.4. The molecule has 0 radical (unpaired) electrons. The minimum Gasteiger partial charge on any atom is -0.497 e. The van der Waals surface area contributed by atoms with Crippen LogP contribution < -0.4 is 9.47 Å². The van der Waals surface area contributed by atoms with Crippen molar-refractivity contribution in [1.29, 1.82) is 0 Å². The maximum Gasteiger partial charge on any atom is 0.354 e. The molecule has 0 aliphatic rings. The third kappa shape index (κ3) is 3.93. The lowest BCUT2D eigenvalue weighted by molar-refractivity contribution is 0.0690. The van der Waals surface area contributed by atoms with Crippen LogP contribution >= 0.6 is 0 Å². The van der Waals surface area contributed by atoms with Crippen LogP contribution in [0.2, 0.25) is 0 Å². The molecule has 0 aliphatic heterocycles. The standard InChI is InChI=1S/C15H15NO5/c1-20-11-4-2-3-10(7-11)14(17)9-21-12-5-6-13(15(18)19)16-8-12/h2-8,14,17H,9H2,1H3,(H,18,19). The van der Waals surface area contributed by atoms with Crippen molar-refractivity contribution in [1.82, 2.24) is 4.98 Å². The second-order valence-corrected chi connectivity index (χ2v) is 4.29. The fourth-order valence-corrected chi connectivity index (χ4v) is 1.71. The number of methoxy groups -OCH3 is 1. The normalized spacial score (nSPS) is 11.7. The van der Waals surface area contributed by atoms with Crippen LogP contribution in [-0.2, 0) is 0 Å². The van der Waals surface area contributed by atoms with Crippen molar-refractivity contribution in [3.63, 3.8) is 0 Å². The van der Waals surface area contributed by atoms with E-state index < -0.39 is 12.1 Å². The van der Waals surface area contributed by atoms with Gasteiger partial charge >= 0.3 is 5.97 Å². The van der Waals surface area contributed by atoms with Crippen molar-refractivity contribution >= 4 is 5.97 Å². The molecule has 0 saturated heterocycles. The Morgan fingerprint density at radius 2 is 2.10 bits per heavy atom. The summed E-state index contributed by atoms with van der Waals surface area (Å²) in [5.74, 6) is -0.0565. The van der Waals surface area contributed by atoms with Crippen molar-refractivity contribution in [2.24, 2.45) is 0 Å². The lowest BCUT2D eigenvalue weighted by Crippen LogP contribution is -2.10. The molecule has 0 fully saturated rings. The fraction of sp³-hybridized carbons (Fsp3) is 0.200. The summed E-state index contributed by atoms with van der Waals surface area (Å²) in [5, 5.41) is 18.8. The molecule has 0 spiro atoms. The largest absolute Gasteiger partial charge is 0.497 e. The lowest BCUT2D eigenvalue weighted by atomic mass is 10.1. The highest BCUT2D eigenvalue weighted by molar-refractivity contribution is 5.85. The third-order valence-corrected chi connectivity index (χ3v) is 2.84. The van der Waals surface area contributed by atoms with Gasteiger partial charge in [-0.15, -0.1) is 0 Å². The van der Waals surface area contributed by atoms with Gasteiger partial charge in [0.25, 0.3) is 0 Å². The van der Waals surface area contributed by atoms with Crippen LogP contribution in [-0.4, -0.2) is 34.9 Å². The number of ether oxygens (including phenoxy) is 2. The molecule has 1 aromatic heterocycles. The Kier molecular flexibility index (Phi) is 4.73. The van der Waals surface area contributed by atoms with E-state index in [1.54, 1.807) is 31.4 Å². The average molecular weight is 289 g/mol. The van der Waals surface area contributed by atoms with Gasteiger partial charge in [0.05, 0.1) is 13.3 Å². The summed E-state index contributed by atoms with van der Waals surface area (Å²) in [6, 6.07) is 9.89. The number of nitrogens with zero attached hydrogens (tertiary/aromatic N) is 1. The quantitative estimate of drug-likeness (QED) is 0.844. The number of hydrogen-bond acceptors (Lipinski definition) is 5. The minimum atomic E-state index is -1.10. The molecule has 1 aromatic carbocycles.